The fourth-order valence-corrected chi connectivity index (χ4v) is 5.27. The normalized spacial score (nSPS) is 18.5. The van der Waals surface area contributed by atoms with Gasteiger partial charge in [0.25, 0.3) is 0 Å². The third-order valence-corrected chi connectivity index (χ3v) is 7.28. The van der Waals surface area contributed by atoms with Gasteiger partial charge >= 0.3 is 6.18 Å². The lowest BCUT2D eigenvalue weighted by Gasteiger charge is -2.32. The maximum Gasteiger partial charge on any atom is 0.425 e. The number of halogens is 3. The monoisotopic (exact) mass is 513 g/mol. The van der Waals surface area contributed by atoms with Gasteiger partial charge in [0, 0.05) is 55.2 Å². The fourth-order valence-electron chi connectivity index (χ4n) is 5.27. The number of fused-ring (bicyclic) bond motifs is 1. The molecule has 0 radical (unpaired) electrons. The van der Waals surface area contributed by atoms with Crippen molar-refractivity contribution < 1.29 is 22.6 Å². The summed E-state index contributed by atoms with van der Waals surface area (Å²) in [5.41, 5.74) is 2.50. The highest BCUT2D eigenvalue weighted by molar-refractivity contribution is 5.76. The SMILES string of the molecule is Cc1c(-c2cc(OC(C3CCOCC3)C(F)(F)F)c3c(C#N)cnn3c2)cnn1C1CCN(C#N)CC1. The predicted molar refractivity (Wildman–Crippen MR) is 125 cm³/mol. The molecule has 1 atom stereocenters. The highest BCUT2D eigenvalue weighted by atomic mass is 19.4. The maximum atomic E-state index is 14.2. The molecular formula is C25H26F3N7O2. The first-order valence-electron chi connectivity index (χ1n) is 12.2. The Morgan fingerprint density at radius 3 is 2.49 bits per heavy atom. The molecule has 2 aliphatic rings. The smallest absolute Gasteiger partial charge is 0.425 e. The van der Waals surface area contributed by atoms with Gasteiger partial charge in [-0.3, -0.25) is 4.68 Å². The number of aromatic nitrogens is 4. The molecule has 12 heteroatoms. The molecule has 2 fully saturated rings. The zero-order valence-corrected chi connectivity index (χ0v) is 20.3. The van der Waals surface area contributed by atoms with Crippen molar-refractivity contribution in [3.8, 4) is 29.1 Å². The molecular weight excluding hydrogens is 487 g/mol. The van der Waals surface area contributed by atoms with E-state index >= 15 is 0 Å². The zero-order chi connectivity index (χ0) is 26.2. The number of piperidine rings is 1. The number of rotatable bonds is 5. The second-order valence-corrected chi connectivity index (χ2v) is 9.49. The Bertz CT molecular complexity index is 1350. The number of pyridine rings is 1. The summed E-state index contributed by atoms with van der Waals surface area (Å²) in [5.74, 6) is -0.801. The van der Waals surface area contributed by atoms with Crippen molar-refractivity contribution in [1.29, 1.82) is 10.5 Å². The lowest BCUT2D eigenvalue weighted by atomic mass is 9.93. The Hall–Kier alpha value is -3.77. The van der Waals surface area contributed by atoms with Crippen molar-refractivity contribution >= 4 is 5.52 Å². The van der Waals surface area contributed by atoms with E-state index in [0.717, 1.165) is 24.1 Å². The van der Waals surface area contributed by atoms with Crippen molar-refractivity contribution in [2.24, 2.45) is 5.92 Å². The molecule has 194 valence electrons. The van der Waals surface area contributed by atoms with Crippen LogP contribution in [0.4, 0.5) is 13.2 Å². The Labute approximate surface area is 211 Å². The van der Waals surface area contributed by atoms with Gasteiger partial charge in [-0.15, -0.1) is 0 Å². The van der Waals surface area contributed by atoms with Gasteiger partial charge in [0.15, 0.2) is 12.3 Å². The van der Waals surface area contributed by atoms with E-state index in [4.69, 9.17) is 14.7 Å². The molecule has 0 aliphatic carbocycles. The Morgan fingerprint density at radius 1 is 1.11 bits per heavy atom. The highest BCUT2D eigenvalue weighted by Gasteiger charge is 2.47. The van der Waals surface area contributed by atoms with Crippen LogP contribution in [0.2, 0.25) is 0 Å². The topological polar surface area (TPSA) is 104 Å². The summed E-state index contributed by atoms with van der Waals surface area (Å²) < 4.78 is 56.8. The van der Waals surface area contributed by atoms with Gasteiger partial charge in [-0.1, -0.05) is 0 Å². The van der Waals surface area contributed by atoms with Crippen molar-refractivity contribution in [2.45, 2.75) is 50.9 Å². The Balaban J connectivity index is 1.53. The number of ether oxygens (including phenoxy) is 2. The molecule has 0 amide bonds. The summed E-state index contributed by atoms with van der Waals surface area (Å²) in [7, 11) is 0. The molecule has 9 nitrogen and oxygen atoms in total. The van der Waals surface area contributed by atoms with Crippen molar-refractivity contribution in [1.82, 2.24) is 24.3 Å². The molecule has 2 aliphatic heterocycles. The zero-order valence-electron chi connectivity index (χ0n) is 20.3. The minimum atomic E-state index is -4.60. The van der Waals surface area contributed by atoms with Crippen LogP contribution in [0.3, 0.4) is 0 Å². The van der Waals surface area contributed by atoms with Crippen LogP contribution in [0.15, 0.2) is 24.7 Å². The first kappa shape index (κ1) is 24.9. The first-order chi connectivity index (χ1) is 17.8. The molecule has 0 saturated carbocycles. The van der Waals surface area contributed by atoms with Gasteiger partial charge in [0.1, 0.15) is 22.9 Å². The Kier molecular flexibility index (Phi) is 6.69. The molecule has 3 aromatic heterocycles. The minimum Gasteiger partial charge on any atom is -0.478 e. The van der Waals surface area contributed by atoms with Crippen LogP contribution in [0.5, 0.6) is 5.75 Å². The van der Waals surface area contributed by atoms with E-state index in [2.05, 4.69) is 16.4 Å². The lowest BCUT2D eigenvalue weighted by molar-refractivity contribution is -0.216. The van der Waals surface area contributed by atoms with Crippen LogP contribution >= 0.6 is 0 Å². The summed E-state index contributed by atoms with van der Waals surface area (Å²) in [4.78, 5) is 1.72. The predicted octanol–water partition coefficient (Wildman–Crippen LogP) is 4.23. The van der Waals surface area contributed by atoms with Crippen molar-refractivity contribution in [2.75, 3.05) is 26.3 Å². The number of alkyl halides is 3. The van der Waals surface area contributed by atoms with E-state index in [1.807, 2.05) is 17.7 Å². The number of hydrogen-bond acceptors (Lipinski definition) is 7. The molecule has 0 spiro atoms. The van der Waals surface area contributed by atoms with E-state index in [9.17, 15) is 18.4 Å². The lowest BCUT2D eigenvalue weighted by Crippen LogP contribution is -2.43. The summed E-state index contributed by atoms with van der Waals surface area (Å²) >= 11 is 0. The maximum absolute atomic E-state index is 14.2. The van der Waals surface area contributed by atoms with E-state index in [0.29, 0.717) is 18.7 Å². The third-order valence-electron chi connectivity index (χ3n) is 7.28. The highest BCUT2D eigenvalue weighted by Crippen LogP contribution is 2.39. The fraction of sp³-hybridized carbons (Fsp3) is 0.520. The average Bonchev–Trinajstić information content (AvgIpc) is 3.50. The second kappa shape index (κ2) is 9.94. The van der Waals surface area contributed by atoms with Crippen LogP contribution in [-0.4, -0.2) is 62.9 Å². The summed E-state index contributed by atoms with van der Waals surface area (Å²) in [6.45, 7) is 3.70. The van der Waals surface area contributed by atoms with Crippen LogP contribution in [0, 0.1) is 35.6 Å². The molecule has 2 saturated heterocycles. The van der Waals surface area contributed by atoms with Gasteiger partial charge in [0.05, 0.1) is 18.4 Å². The number of hydrogen-bond donors (Lipinski definition) is 0. The first-order valence-corrected chi connectivity index (χ1v) is 12.2. The molecule has 37 heavy (non-hydrogen) atoms. The number of nitriles is 2. The minimum absolute atomic E-state index is 0.0464. The largest absolute Gasteiger partial charge is 0.478 e. The van der Waals surface area contributed by atoms with Gasteiger partial charge in [-0.2, -0.15) is 33.9 Å². The molecule has 1 unspecified atom stereocenters. The van der Waals surface area contributed by atoms with Crippen LogP contribution in [0.1, 0.15) is 43.0 Å². The molecule has 0 bridgehead atoms. The van der Waals surface area contributed by atoms with Crippen molar-refractivity contribution in [3.05, 3.63) is 35.9 Å². The standard InChI is InChI=1S/C25H26F3N7O2/c1-16-21(13-32-35(16)20-2-6-33(15-30)7-3-20)18-10-22(23-19(11-29)12-31-34(23)14-18)37-24(25(26,27)28)17-4-8-36-9-5-17/h10,12-14,17,20,24H,2-9H2,1H3. The quantitative estimate of drug-likeness (QED) is 0.470. The van der Waals surface area contributed by atoms with E-state index in [1.165, 1.54) is 10.7 Å². The van der Waals surface area contributed by atoms with Crippen LogP contribution in [-0.2, 0) is 4.74 Å². The molecule has 0 aromatic carbocycles. The van der Waals surface area contributed by atoms with Crippen LogP contribution in [0.25, 0.3) is 16.6 Å². The van der Waals surface area contributed by atoms with E-state index < -0.39 is 18.2 Å². The average molecular weight is 514 g/mol. The molecule has 3 aromatic rings. The second-order valence-electron chi connectivity index (χ2n) is 9.49. The number of likely N-dealkylation sites (tertiary alicyclic amines) is 1. The van der Waals surface area contributed by atoms with E-state index in [-0.39, 0.29) is 48.9 Å². The number of nitrogens with zero attached hydrogens (tertiary/aromatic N) is 7. The molecule has 0 N–H and O–H groups in total. The van der Waals surface area contributed by atoms with Crippen LogP contribution < -0.4 is 4.74 Å². The van der Waals surface area contributed by atoms with Gasteiger partial charge in [-0.25, -0.2) is 4.52 Å². The van der Waals surface area contributed by atoms with Crippen molar-refractivity contribution in [3.63, 3.8) is 0 Å². The third kappa shape index (κ3) is 4.81. The molecule has 5 heterocycles. The van der Waals surface area contributed by atoms with Gasteiger partial charge in [-0.05, 0) is 38.7 Å². The summed E-state index contributed by atoms with van der Waals surface area (Å²) in [5, 5.41) is 27.5. The molecule has 5 rings (SSSR count). The summed E-state index contributed by atoms with van der Waals surface area (Å²) in [6, 6.07) is 3.67. The summed E-state index contributed by atoms with van der Waals surface area (Å²) in [6.07, 6.45) is 2.23. The van der Waals surface area contributed by atoms with Gasteiger partial charge in [0.2, 0.25) is 0 Å². The Morgan fingerprint density at radius 2 is 1.84 bits per heavy atom. The van der Waals surface area contributed by atoms with E-state index in [1.54, 1.807) is 23.4 Å². The van der Waals surface area contributed by atoms with Gasteiger partial charge < -0.3 is 14.4 Å².